The van der Waals surface area contributed by atoms with Crippen molar-refractivity contribution in [2.75, 3.05) is 13.2 Å². The van der Waals surface area contributed by atoms with E-state index in [1.165, 1.54) is 0 Å². The van der Waals surface area contributed by atoms with Crippen LogP contribution in [0, 0.1) is 12.3 Å². The first-order chi connectivity index (χ1) is 12.0. The van der Waals surface area contributed by atoms with Crippen LogP contribution in [0.4, 0.5) is 0 Å². The predicted molar refractivity (Wildman–Crippen MR) is 97.8 cm³/mol. The Morgan fingerprint density at radius 2 is 2.00 bits per heavy atom. The number of carbonyl (C=O) groups is 1. The Morgan fingerprint density at radius 3 is 2.64 bits per heavy atom. The summed E-state index contributed by atoms with van der Waals surface area (Å²) in [5.74, 6) is 0.418. The second-order valence-corrected chi connectivity index (χ2v) is 7.06. The Hall–Kier alpha value is -2.04. The fourth-order valence-corrected chi connectivity index (χ4v) is 3.00. The van der Waals surface area contributed by atoms with Gasteiger partial charge in [-0.1, -0.05) is 41.9 Å². The van der Waals surface area contributed by atoms with E-state index in [2.05, 4.69) is 5.32 Å². The molecule has 1 aliphatic carbocycles. The van der Waals surface area contributed by atoms with Crippen molar-refractivity contribution in [1.82, 2.24) is 5.32 Å². The van der Waals surface area contributed by atoms with E-state index in [9.17, 15) is 9.90 Å². The number of hydrogen-bond acceptors (Lipinski definition) is 3. The molecule has 0 spiro atoms. The van der Waals surface area contributed by atoms with Crippen LogP contribution in [0.2, 0.25) is 5.02 Å². The number of amides is 1. The number of carbonyl (C=O) groups excluding carboxylic acids is 1. The van der Waals surface area contributed by atoms with Gasteiger partial charge in [0, 0.05) is 17.0 Å². The van der Waals surface area contributed by atoms with E-state index in [-0.39, 0.29) is 17.9 Å². The minimum Gasteiger partial charge on any atom is -0.484 e. The quantitative estimate of drug-likeness (QED) is 0.793. The van der Waals surface area contributed by atoms with Gasteiger partial charge in [0.05, 0.1) is 6.10 Å². The molecule has 0 heterocycles. The van der Waals surface area contributed by atoms with E-state index in [4.69, 9.17) is 16.3 Å². The van der Waals surface area contributed by atoms with Gasteiger partial charge in [-0.3, -0.25) is 4.79 Å². The number of aliphatic hydroxyl groups is 1. The molecule has 2 aromatic rings. The first-order valence-corrected chi connectivity index (χ1v) is 8.77. The number of ether oxygens (including phenoxy) is 1. The number of halogens is 1. The van der Waals surface area contributed by atoms with Crippen molar-refractivity contribution in [3.05, 3.63) is 64.7 Å². The fraction of sp³-hybridized carbons (Fsp3) is 0.350. The van der Waals surface area contributed by atoms with Crippen LogP contribution in [0.15, 0.2) is 48.5 Å². The lowest BCUT2D eigenvalue weighted by Gasteiger charge is -2.23. The Morgan fingerprint density at radius 1 is 1.28 bits per heavy atom. The minimum atomic E-state index is -0.561. The number of hydrogen-bond donors (Lipinski definition) is 2. The van der Waals surface area contributed by atoms with Gasteiger partial charge >= 0.3 is 0 Å². The summed E-state index contributed by atoms with van der Waals surface area (Å²) in [6, 6.07) is 14.9. The molecule has 25 heavy (non-hydrogen) atoms. The van der Waals surface area contributed by atoms with Gasteiger partial charge in [0.1, 0.15) is 5.75 Å². The average molecular weight is 360 g/mol. The molecule has 2 aromatic carbocycles. The second-order valence-electron chi connectivity index (χ2n) is 6.65. The summed E-state index contributed by atoms with van der Waals surface area (Å²) in [6.45, 7) is 2.28. The lowest BCUT2D eigenvalue weighted by Crippen LogP contribution is -2.36. The maximum atomic E-state index is 12.1. The fourth-order valence-electron chi connectivity index (χ4n) is 2.88. The van der Waals surface area contributed by atoms with Crippen LogP contribution in [-0.2, 0) is 4.79 Å². The SMILES string of the molecule is Cc1cc(OCC(=O)NCC2(C(O)c3ccccc3)CC2)ccc1Cl. The molecule has 132 valence electrons. The third-order valence-corrected chi connectivity index (χ3v) is 5.15. The molecule has 0 aromatic heterocycles. The van der Waals surface area contributed by atoms with E-state index in [1.54, 1.807) is 18.2 Å². The normalized spacial score (nSPS) is 16.1. The van der Waals surface area contributed by atoms with E-state index in [0.29, 0.717) is 17.3 Å². The van der Waals surface area contributed by atoms with Crippen LogP contribution in [0.25, 0.3) is 0 Å². The summed E-state index contributed by atoms with van der Waals surface area (Å²) in [5, 5.41) is 14.1. The third-order valence-electron chi connectivity index (χ3n) is 4.72. The molecule has 1 amide bonds. The molecule has 0 bridgehead atoms. The molecule has 0 saturated heterocycles. The molecular weight excluding hydrogens is 338 g/mol. The summed E-state index contributed by atoms with van der Waals surface area (Å²) < 4.78 is 5.50. The van der Waals surface area contributed by atoms with Gasteiger partial charge in [0.15, 0.2) is 6.61 Å². The molecule has 5 heteroatoms. The molecule has 0 aliphatic heterocycles. The molecule has 1 aliphatic rings. The van der Waals surface area contributed by atoms with Crippen molar-refractivity contribution in [2.45, 2.75) is 25.9 Å². The maximum Gasteiger partial charge on any atom is 0.257 e. The number of benzene rings is 2. The molecule has 1 unspecified atom stereocenters. The lowest BCUT2D eigenvalue weighted by molar-refractivity contribution is -0.123. The Labute approximate surface area is 152 Å². The lowest BCUT2D eigenvalue weighted by atomic mass is 9.93. The smallest absolute Gasteiger partial charge is 0.257 e. The first-order valence-electron chi connectivity index (χ1n) is 8.39. The highest BCUT2D eigenvalue weighted by Crippen LogP contribution is 2.54. The number of nitrogens with one attached hydrogen (secondary N) is 1. The number of rotatable bonds is 7. The molecule has 1 saturated carbocycles. The minimum absolute atomic E-state index is 0.0570. The second kappa shape index (κ2) is 7.46. The van der Waals surface area contributed by atoms with E-state index >= 15 is 0 Å². The maximum absolute atomic E-state index is 12.1. The Kier molecular flexibility index (Phi) is 5.30. The summed E-state index contributed by atoms with van der Waals surface area (Å²) in [5.41, 5.74) is 1.54. The summed E-state index contributed by atoms with van der Waals surface area (Å²) in [7, 11) is 0. The van der Waals surface area contributed by atoms with Crippen LogP contribution in [-0.4, -0.2) is 24.2 Å². The largest absolute Gasteiger partial charge is 0.484 e. The highest BCUT2D eigenvalue weighted by molar-refractivity contribution is 6.31. The van der Waals surface area contributed by atoms with Crippen molar-refractivity contribution >= 4 is 17.5 Å². The van der Waals surface area contributed by atoms with Crippen molar-refractivity contribution < 1.29 is 14.6 Å². The van der Waals surface area contributed by atoms with Gasteiger partial charge in [-0.05, 0) is 49.1 Å². The summed E-state index contributed by atoms with van der Waals surface area (Å²) >= 11 is 5.97. The topological polar surface area (TPSA) is 58.6 Å². The van der Waals surface area contributed by atoms with Crippen molar-refractivity contribution in [1.29, 1.82) is 0 Å². The van der Waals surface area contributed by atoms with E-state index in [0.717, 1.165) is 24.0 Å². The average Bonchev–Trinajstić information content (AvgIpc) is 3.42. The van der Waals surface area contributed by atoms with Crippen molar-refractivity contribution in [3.63, 3.8) is 0 Å². The Bertz CT molecular complexity index is 744. The van der Waals surface area contributed by atoms with Gasteiger partial charge < -0.3 is 15.2 Å². The van der Waals surface area contributed by atoms with Gasteiger partial charge in [-0.25, -0.2) is 0 Å². The summed E-state index contributed by atoms with van der Waals surface area (Å²) in [4.78, 5) is 12.1. The summed E-state index contributed by atoms with van der Waals surface area (Å²) in [6.07, 6.45) is 1.25. The molecule has 2 N–H and O–H groups in total. The van der Waals surface area contributed by atoms with Crippen molar-refractivity contribution in [3.8, 4) is 5.75 Å². The predicted octanol–water partition coefficient (Wildman–Crippen LogP) is 3.66. The first kappa shape index (κ1) is 17.8. The Balaban J connectivity index is 1.49. The zero-order valence-electron chi connectivity index (χ0n) is 14.2. The molecule has 1 atom stereocenters. The zero-order valence-corrected chi connectivity index (χ0v) is 14.9. The van der Waals surface area contributed by atoms with Gasteiger partial charge in [-0.2, -0.15) is 0 Å². The highest BCUT2D eigenvalue weighted by Gasteiger charge is 2.49. The van der Waals surface area contributed by atoms with Crippen LogP contribution >= 0.6 is 11.6 Å². The van der Waals surface area contributed by atoms with E-state index < -0.39 is 6.10 Å². The molecule has 3 rings (SSSR count). The number of aryl methyl sites for hydroxylation is 1. The van der Waals surface area contributed by atoms with Crippen molar-refractivity contribution in [2.24, 2.45) is 5.41 Å². The van der Waals surface area contributed by atoms with Gasteiger partial charge in [0.2, 0.25) is 0 Å². The van der Waals surface area contributed by atoms with E-state index in [1.807, 2.05) is 37.3 Å². The highest BCUT2D eigenvalue weighted by atomic mass is 35.5. The zero-order chi connectivity index (χ0) is 17.9. The van der Waals surface area contributed by atoms with Crippen LogP contribution in [0.3, 0.4) is 0 Å². The van der Waals surface area contributed by atoms with Gasteiger partial charge in [0.25, 0.3) is 5.91 Å². The molecule has 4 nitrogen and oxygen atoms in total. The standard InChI is InChI=1S/C20H22ClNO3/c1-14-11-16(7-8-17(14)21)25-12-18(23)22-13-20(9-10-20)19(24)15-5-3-2-4-6-15/h2-8,11,19,24H,9-10,12-13H2,1H3,(H,22,23). The van der Waals surface area contributed by atoms with Crippen LogP contribution in [0.1, 0.15) is 30.1 Å². The molecule has 1 fully saturated rings. The van der Waals surface area contributed by atoms with Gasteiger partial charge in [-0.15, -0.1) is 0 Å². The number of aliphatic hydroxyl groups excluding tert-OH is 1. The molecule has 0 radical (unpaired) electrons. The monoisotopic (exact) mass is 359 g/mol. The van der Waals surface area contributed by atoms with Crippen LogP contribution < -0.4 is 10.1 Å². The molecular formula is C20H22ClNO3. The van der Waals surface area contributed by atoms with Crippen LogP contribution in [0.5, 0.6) is 5.75 Å². The third kappa shape index (κ3) is 4.33.